The van der Waals surface area contributed by atoms with Gasteiger partial charge in [0.1, 0.15) is 11.6 Å². The van der Waals surface area contributed by atoms with Gasteiger partial charge >= 0.3 is 0 Å². The molecule has 0 spiro atoms. The Hall–Kier alpha value is -3.12. The second-order valence-electron chi connectivity index (χ2n) is 8.07. The number of para-hydroxylation sites is 2. The molecule has 0 unspecified atom stereocenters. The molecule has 30 heavy (non-hydrogen) atoms. The van der Waals surface area contributed by atoms with Gasteiger partial charge in [-0.25, -0.2) is 4.98 Å². The smallest absolute Gasteiger partial charge is 0.118 e. The van der Waals surface area contributed by atoms with Crippen molar-refractivity contribution in [2.24, 2.45) is 0 Å². The number of methoxy groups -OCH3 is 1. The summed E-state index contributed by atoms with van der Waals surface area (Å²) in [4.78, 5) is 8.32. The molecule has 6 heteroatoms. The van der Waals surface area contributed by atoms with Crippen LogP contribution in [0.25, 0.3) is 22.3 Å². The Balaban J connectivity index is 1.18. The van der Waals surface area contributed by atoms with Gasteiger partial charge in [0.2, 0.25) is 0 Å². The Morgan fingerprint density at radius 3 is 2.60 bits per heavy atom. The fourth-order valence-electron chi connectivity index (χ4n) is 4.44. The average Bonchev–Trinajstić information content (AvgIpc) is 3.45. The van der Waals surface area contributed by atoms with Crippen molar-refractivity contribution < 1.29 is 4.74 Å². The van der Waals surface area contributed by atoms with Gasteiger partial charge in [0, 0.05) is 29.6 Å². The maximum atomic E-state index is 5.26. The number of rotatable bonds is 6. The van der Waals surface area contributed by atoms with E-state index in [1.807, 2.05) is 24.4 Å². The highest BCUT2D eigenvalue weighted by molar-refractivity contribution is 5.74. The second-order valence-corrected chi connectivity index (χ2v) is 8.07. The van der Waals surface area contributed by atoms with Crippen LogP contribution in [0.1, 0.15) is 43.0 Å². The van der Waals surface area contributed by atoms with Crippen molar-refractivity contribution in [3.8, 4) is 17.0 Å². The van der Waals surface area contributed by atoms with Gasteiger partial charge in [-0.05, 0) is 62.1 Å². The van der Waals surface area contributed by atoms with Crippen molar-refractivity contribution in [3.63, 3.8) is 0 Å². The van der Waals surface area contributed by atoms with Gasteiger partial charge in [-0.1, -0.05) is 12.1 Å². The van der Waals surface area contributed by atoms with Crippen LogP contribution in [0.3, 0.4) is 0 Å². The maximum absolute atomic E-state index is 5.26. The number of aromatic amines is 2. The van der Waals surface area contributed by atoms with Crippen molar-refractivity contribution in [1.82, 2.24) is 25.5 Å². The van der Waals surface area contributed by atoms with Gasteiger partial charge in [-0.3, -0.25) is 5.10 Å². The van der Waals surface area contributed by atoms with Gasteiger partial charge in [-0.2, -0.15) is 5.10 Å². The lowest BCUT2D eigenvalue weighted by Gasteiger charge is -2.28. The summed E-state index contributed by atoms with van der Waals surface area (Å²) >= 11 is 0. The quantitative estimate of drug-likeness (QED) is 0.435. The summed E-state index contributed by atoms with van der Waals surface area (Å²) in [6, 6.07) is 16.9. The van der Waals surface area contributed by atoms with Gasteiger partial charge in [0.25, 0.3) is 0 Å². The summed E-state index contributed by atoms with van der Waals surface area (Å²) in [5.74, 6) is 2.53. The highest BCUT2D eigenvalue weighted by atomic mass is 16.5. The number of hydrogen-bond acceptors (Lipinski definition) is 4. The number of aromatic nitrogens is 4. The third kappa shape index (κ3) is 3.83. The highest BCUT2D eigenvalue weighted by Crippen LogP contribution is 2.32. The third-order valence-electron chi connectivity index (χ3n) is 6.20. The SMILES string of the molecule is COc1ccc(-c2[nH]ncc2CNC2CCC(c3nc4ccccc4[nH]3)CC2)cc1. The summed E-state index contributed by atoms with van der Waals surface area (Å²) in [7, 11) is 1.68. The Kier molecular flexibility index (Phi) is 5.24. The Morgan fingerprint density at radius 2 is 1.83 bits per heavy atom. The lowest BCUT2D eigenvalue weighted by atomic mass is 9.85. The molecule has 0 radical (unpaired) electrons. The van der Waals surface area contributed by atoms with E-state index in [0.717, 1.165) is 66.1 Å². The third-order valence-corrected chi connectivity index (χ3v) is 6.20. The van der Waals surface area contributed by atoms with Crippen LogP contribution in [-0.4, -0.2) is 33.3 Å². The molecule has 1 aliphatic rings. The van der Waals surface area contributed by atoms with Crippen molar-refractivity contribution >= 4 is 11.0 Å². The van der Waals surface area contributed by atoms with Crippen LogP contribution in [0.15, 0.2) is 54.7 Å². The Labute approximate surface area is 176 Å². The molecule has 2 aromatic carbocycles. The molecule has 1 saturated carbocycles. The summed E-state index contributed by atoms with van der Waals surface area (Å²) in [6.07, 6.45) is 6.57. The number of fused-ring (bicyclic) bond motifs is 1. The normalized spacial score (nSPS) is 19.2. The lowest BCUT2D eigenvalue weighted by molar-refractivity contribution is 0.336. The molecule has 1 aliphatic carbocycles. The number of H-pyrrole nitrogens is 2. The molecule has 0 aliphatic heterocycles. The van der Waals surface area contributed by atoms with E-state index in [-0.39, 0.29) is 0 Å². The van der Waals surface area contributed by atoms with Crippen LogP contribution in [0.2, 0.25) is 0 Å². The van der Waals surface area contributed by atoms with Crippen LogP contribution in [-0.2, 0) is 6.54 Å². The number of benzene rings is 2. The van der Waals surface area contributed by atoms with Crippen molar-refractivity contribution in [2.75, 3.05) is 7.11 Å². The monoisotopic (exact) mass is 401 g/mol. The number of ether oxygens (including phenoxy) is 1. The van der Waals surface area contributed by atoms with Crippen molar-refractivity contribution in [3.05, 3.63) is 66.1 Å². The van der Waals surface area contributed by atoms with E-state index < -0.39 is 0 Å². The second kappa shape index (κ2) is 8.32. The Bertz CT molecular complexity index is 1070. The van der Waals surface area contributed by atoms with E-state index in [0.29, 0.717) is 12.0 Å². The molecule has 4 aromatic rings. The van der Waals surface area contributed by atoms with E-state index in [9.17, 15) is 0 Å². The standard InChI is InChI=1S/C24H27N5O/c1-30-20-12-8-16(9-13-20)23-18(15-26-29-23)14-25-19-10-6-17(7-11-19)24-27-21-4-2-3-5-22(21)28-24/h2-5,8-9,12-13,15,17,19,25H,6-7,10-11,14H2,1H3,(H,26,29)(H,27,28). The summed E-state index contributed by atoms with van der Waals surface area (Å²) in [5.41, 5.74) is 5.59. The fourth-order valence-corrected chi connectivity index (χ4v) is 4.44. The molecular formula is C24H27N5O. The van der Waals surface area contributed by atoms with Gasteiger partial charge in [0.05, 0.1) is 30.0 Å². The van der Waals surface area contributed by atoms with E-state index in [1.165, 1.54) is 5.56 Å². The zero-order chi connectivity index (χ0) is 20.3. The van der Waals surface area contributed by atoms with Gasteiger partial charge < -0.3 is 15.0 Å². The predicted octanol–water partition coefficient (Wildman–Crippen LogP) is 4.78. The largest absolute Gasteiger partial charge is 0.497 e. The topological polar surface area (TPSA) is 78.6 Å². The minimum Gasteiger partial charge on any atom is -0.497 e. The van der Waals surface area contributed by atoms with E-state index in [2.05, 4.69) is 50.8 Å². The average molecular weight is 402 g/mol. The minimum absolute atomic E-state index is 0.527. The van der Waals surface area contributed by atoms with Crippen LogP contribution < -0.4 is 10.1 Å². The first-order valence-corrected chi connectivity index (χ1v) is 10.6. The molecule has 0 bridgehead atoms. The number of nitrogens with one attached hydrogen (secondary N) is 3. The molecule has 2 aromatic heterocycles. The van der Waals surface area contributed by atoms with Gasteiger partial charge in [0.15, 0.2) is 0 Å². The van der Waals surface area contributed by atoms with Crippen LogP contribution in [0, 0.1) is 0 Å². The van der Waals surface area contributed by atoms with Gasteiger partial charge in [-0.15, -0.1) is 0 Å². The zero-order valence-corrected chi connectivity index (χ0v) is 17.2. The summed E-state index contributed by atoms with van der Waals surface area (Å²) in [5, 5.41) is 11.2. The molecule has 0 amide bonds. The molecule has 5 rings (SSSR count). The first-order chi connectivity index (χ1) is 14.8. The molecule has 1 fully saturated rings. The Morgan fingerprint density at radius 1 is 1.03 bits per heavy atom. The lowest BCUT2D eigenvalue weighted by Crippen LogP contribution is -2.32. The van der Waals surface area contributed by atoms with Crippen molar-refractivity contribution in [2.45, 2.75) is 44.2 Å². The van der Waals surface area contributed by atoms with E-state index in [4.69, 9.17) is 9.72 Å². The maximum Gasteiger partial charge on any atom is 0.118 e. The minimum atomic E-state index is 0.527. The van der Waals surface area contributed by atoms with E-state index in [1.54, 1.807) is 7.11 Å². The van der Waals surface area contributed by atoms with E-state index >= 15 is 0 Å². The molecular weight excluding hydrogens is 374 g/mol. The molecule has 0 saturated heterocycles. The summed E-state index contributed by atoms with van der Waals surface area (Å²) in [6.45, 7) is 0.817. The first kappa shape index (κ1) is 18.9. The molecule has 154 valence electrons. The van der Waals surface area contributed by atoms with Crippen LogP contribution in [0.5, 0.6) is 5.75 Å². The molecule has 2 heterocycles. The molecule has 3 N–H and O–H groups in total. The number of hydrogen-bond donors (Lipinski definition) is 3. The van der Waals surface area contributed by atoms with Crippen LogP contribution >= 0.6 is 0 Å². The van der Waals surface area contributed by atoms with Crippen molar-refractivity contribution in [1.29, 1.82) is 0 Å². The highest BCUT2D eigenvalue weighted by Gasteiger charge is 2.24. The number of imidazole rings is 1. The first-order valence-electron chi connectivity index (χ1n) is 10.6. The van der Waals surface area contributed by atoms with Crippen LogP contribution in [0.4, 0.5) is 0 Å². The number of nitrogens with zero attached hydrogens (tertiary/aromatic N) is 2. The molecule has 6 nitrogen and oxygen atoms in total. The summed E-state index contributed by atoms with van der Waals surface area (Å²) < 4.78 is 5.26. The fraction of sp³-hybridized carbons (Fsp3) is 0.333. The zero-order valence-electron chi connectivity index (χ0n) is 17.2. The molecule has 0 atom stereocenters. The predicted molar refractivity (Wildman–Crippen MR) is 119 cm³/mol.